The lowest BCUT2D eigenvalue weighted by Crippen LogP contribution is -2.38. The van der Waals surface area contributed by atoms with Crippen molar-refractivity contribution >= 4 is 32.7 Å². The number of hydrogen-bond acceptors (Lipinski definition) is 0. The molecule has 252 valence electrons. The van der Waals surface area contributed by atoms with Crippen LogP contribution in [0.4, 0.5) is 0 Å². The standard InChI is InChI=1S/C49H56/c1-47(2,3)44-29-38-39-30-45(48(4,5)6)41(37-26-16-20-32-18-10-14-24-35(32)37)28-43(39)46(49(7,8)33-21-11-12-22-33)42(38)27-40(44)36-25-15-19-31-17-9-13-23-34(31)36/h9-10,13-20,23-30,33,38-39,42-43,46H,11-12,21-22H2,1-8H3. The highest BCUT2D eigenvalue weighted by atomic mass is 14.6. The summed E-state index contributed by atoms with van der Waals surface area (Å²) in [7, 11) is 0. The van der Waals surface area contributed by atoms with Crippen LogP contribution in [0.3, 0.4) is 0 Å². The van der Waals surface area contributed by atoms with E-state index in [2.05, 4.69) is 165 Å². The molecule has 0 aliphatic heterocycles. The van der Waals surface area contributed by atoms with Crippen LogP contribution in [0.15, 0.2) is 120 Å². The Balaban J connectivity index is 1.37. The van der Waals surface area contributed by atoms with Crippen LogP contribution in [-0.4, -0.2) is 0 Å². The largest absolute Gasteiger partial charge is 0.0758 e. The maximum absolute atomic E-state index is 2.81. The van der Waals surface area contributed by atoms with Crippen molar-refractivity contribution < 1.29 is 0 Å². The third-order valence-electron chi connectivity index (χ3n) is 13.2. The first-order valence-corrected chi connectivity index (χ1v) is 19.2. The summed E-state index contributed by atoms with van der Waals surface area (Å²) in [5.41, 5.74) is 9.14. The number of fused-ring (bicyclic) bond motifs is 5. The molecule has 49 heavy (non-hydrogen) atoms. The van der Waals surface area contributed by atoms with Gasteiger partial charge in [0.25, 0.3) is 0 Å². The zero-order valence-electron chi connectivity index (χ0n) is 31.2. The Hall–Kier alpha value is -3.64. The maximum Gasteiger partial charge on any atom is -0.00919 e. The van der Waals surface area contributed by atoms with Gasteiger partial charge >= 0.3 is 0 Å². The highest BCUT2D eigenvalue weighted by Crippen LogP contribution is 2.65. The molecule has 4 unspecified atom stereocenters. The highest BCUT2D eigenvalue weighted by Gasteiger charge is 2.57. The summed E-state index contributed by atoms with van der Waals surface area (Å²) in [5.74, 6) is 3.31. The van der Waals surface area contributed by atoms with Gasteiger partial charge in [0.15, 0.2) is 0 Å². The van der Waals surface area contributed by atoms with Crippen LogP contribution in [0.1, 0.15) is 92.2 Å². The van der Waals surface area contributed by atoms with Crippen molar-refractivity contribution in [2.75, 3.05) is 0 Å². The molecule has 0 bridgehead atoms. The second kappa shape index (κ2) is 11.7. The van der Waals surface area contributed by atoms with Gasteiger partial charge in [-0.3, -0.25) is 0 Å². The molecule has 4 aromatic rings. The lowest BCUT2D eigenvalue weighted by Gasteiger charge is -2.45. The van der Waals surface area contributed by atoms with Crippen molar-refractivity contribution in [1.29, 1.82) is 0 Å². The fourth-order valence-corrected chi connectivity index (χ4v) is 10.9. The molecule has 4 aliphatic carbocycles. The predicted octanol–water partition coefficient (Wildman–Crippen LogP) is 13.7. The van der Waals surface area contributed by atoms with Crippen LogP contribution < -0.4 is 0 Å². The van der Waals surface area contributed by atoms with E-state index in [9.17, 15) is 0 Å². The summed E-state index contributed by atoms with van der Waals surface area (Å²) in [6.45, 7) is 19.9. The van der Waals surface area contributed by atoms with Gasteiger partial charge in [0, 0.05) is 0 Å². The Morgan fingerprint density at radius 3 is 1.29 bits per heavy atom. The van der Waals surface area contributed by atoms with Gasteiger partial charge in [-0.25, -0.2) is 0 Å². The Morgan fingerprint density at radius 1 is 0.449 bits per heavy atom. The summed E-state index contributed by atoms with van der Waals surface area (Å²) in [5, 5.41) is 5.42. The van der Waals surface area contributed by atoms with Gasteiger partial charge in [-0.05, 0) is 120 Å². The van der Waals surface area contributed by atoms with Crippen LogP contribution in [0.2, 0.25) is 0 Å². The first-order chi connectivity index (χ1) is 23.3. The summed E-state index contributed by atoms with van der Waals surface area (Å²) in [4.78, 5) is 0. The van der Waals surface area contributed by atoms with Gasteiger partial charge in [0.1, 0.15) is 0 Å². The van der Waals surface area contributed by atoms with Crippen molar-refractivity contribution in [2.45, 2.75) is 81.1 Å². The Kier molecular flexibility index (Phi) is 7.79. The van der Waals surface area contributed by atoms with E-state index in [1.807, 2.05) is 0 Å². The smallest absolute Gasteiger partial charge is 0.00919 e. The van der Waals surface area contributed by atoms with Crippen LogP contribution in [0.25, 0.3) is 32.7 Å². The zero-order valence-corrected chi connectivity index (χ0v) is 31.2. The monoisotopic (exact) mass is 644 g/mol. The molecule has 2 fully saturated rings. The zero-order chi connectivity index (χ0) is 34.3. The van der Waals surface area contributed by atoms with E-state index < -0.39 is 0 Å². The van der Waals surface area contributed by atoms with Gasteiger partial charge in [0.05, 0.1) is 0 Å². The molecule has 0 radical (unpaired) electrons. The molecule has 0 aromatic heterocycles. The molecule has 4 aliphatic rings. The third-order valence-corrected chi connectivity index (χ3v) is 13.2. The Bertz CT molecular complexity index is 1890. The summed E-state index contributed by atoms with van der Waals surface area (Å²) < 4.78 is 0. The topological polar surface area (TPSA) is 0 Å². The minimum absolute atomic E-state index is 0.0392. The SMILES string of the molecule is CC(C)(C)C1=CC2C3C=C(C(C)(C)C)C(c4cccc5ccccc45)=CC3C(C(C)(C)C3CCCC3)C2C=C1c1cccc2ccccc12. The Labute approximate surface area is 296 Å². The average molecular weight is 645 g/mol. The number of hydrogen-bond donors (Lipinski definition) is 0. The molecular formula is C49H56. The second-order valence-electron chi connectivity index (χ2n) is 18.5. The van der Waals surface area contributed by atoms with E-state index in [4.69, 9.17) is 0 Å². The lowest BCUT2D eigenvalue weighted by atomic mass is 9.59. The van der Waals surface area contributed by atoms with E-state index in [0.717, 1.165) is 5.92 Å². The summed E-state index contributed by atoms with van der Waals surface area (Å²) >= 11 is 0. The summed E-state index contributed by atoms with van der Waals surface area (Å²) in [6, 6.07) is 31.9. The molecule has 0 nitrogen and oxygen atoms in total. The van der Waals surface area contributed by atoms with E-state index in [1.54, 1.807) is 0 Å². The quantitative estimate of drug-likeness (QED) is 0.207. The lowest BCUT2D eigenvalue weighted by molar-refractivity contribution is 0.0751. The number of rotatable bonds is 4. The van der Waals surface area contributed by atoms with E-state index in [-0.39, 0.29) is 16.2 Å². The first-order valence-electron chi connectivity index (χ1n) is 19.2. The van der Waals surface area contributed by atoms with Crippen molar-refractivity contribution in [1.82, 2.24) is 0 Å². The minimum Gasteiger partial charge on any atom is -0.0758 e. The van der Waals surface area contributed by atoms with Crippen LogP contribution in [-0.2, 0) is 0 Å². The average Bonchev–Trinajstić information content (AvgIpc) is 3.73. The van der Waals surface area contributed by atoms with Crippen molar-refractivity contribution in [3.05, 3.63) is 132 Å². The molecular weight excluding hydrogens is 589 g/mol. The maximum atomic E-state index is 2.81. The molecule has 0 saturated heterocycles. The van der Waals surface area contributed by atoms with Crippen molar-refractivity contribution in [2.24, 2.45) is 51.8 Å². The fraction of sp³-hybridized carbons (Fsp3) is 0.429. The molecule has 0 spiro atoms. The van der Waals surface area contributed by atoms with Crippen LogP contribution in [0.5, 0.6) is 0 Å². The number of allylic oxidation sites excluding steroid dienone is 8. The normalized spacial score (nSPS) is 26.2. The molecule has 0 N–H and O–H groups in total. The molecule has 0 heteroatoms. The Morgan fingerprint density at radius 2 is 0.857 bits per heavy atom. The van der Waals surface area contributed by atoms with E-state index in [1.165, 1.54) is 80.6 Å². The van der Waals surface area contributed by atoms with Crippen LogP contribution in [0, 0.1) is 51.8 Å². The minimum atomic E-state index is 0.0392. The second-order valence-corrected chi connectivity index (χ2v) is 18.5. The molecule has 0 heterocycles. The third kappa shape index (κ3) is 5.40. The molecule has 4 aromatic carbocycles. The predicted molar refractivity (Wildman–Crippen MR) is 212 cm³/mol. The van der Waals surface area contributed by atoms with Crippen LogP contribution >= 0.6 is 0 Å². The van der Waals surface area contributed by atoms with Gasteiger partial charge in [0.2, 0.25) is 0 Å². The van der Waals surface area contributed by atoms with Gasteiger partial charge in [-0.15, -0.1) is 0 Å². The fourth-order valence-electron chi connectivity index (χ4n) is 10.9. The number of benzene rings is 4. The summed E-state index contributed by atoms with van der Waals surface area (Å²) in [6.07, 6.45) is 16.7. The van der Waals surface area contributed by atoms with Gasteiger partial charge in [-0.1, -0.05) is 177 Å². The van der Waals surface area contributed by atoms with Gasteiger partial charge < -0.3 is 0 Å². The first kappa shape index (κ1) is 32.6. The van der Waals surface area contributed by atoms with E-state index >= 15 is 0 Å². The molecule has 8 rings (SSSR count). The van der Waals surface area contributed by atoms with E-state index in [0.29, 0.717) is 29.6 Å². The molecule has 4 atom stereocenters. The molecule has 0 amide bonds. The molecule has 2 saturated carbocycles. The highest BCUT2D eigenvalue weighted by molar-refractivity contribution is 6.00. The van der Waals surface area contributed by atoms with Crippen molar-refractivity contribution in [3.63, 3.8) is 0 Å². The van der Waals surface area contributed by atoms with Gasteiger partial charge in [-0.2, -0.15) is 0 Å². The van der Waals surface area contributed by atoms with Crippen molar-refractivity contribution in [3.8, 4) is 0 Å².